The Morgan fingerprint density at radius 3 is 2.09 bits per heavy atom. The second-order valence-electron chi connectivity index (χ2n) is 8.53. The molecule has 0 heterocycles. The lowest BCUT2D eigenvalue weighted by molar-refractivity contribution is -0.139. The van der Waals surface area contributed by atoms with E-state index in [-0.39, 0.29) is 19.1 Å². The van der Waals surface area contributed by atoms with Crippen molar-refractivity contribution in [1.29, 1.82) is 0 Å². The van der Waals surface area contributed by atoms with Crippen LogP contribution in [0.25, 0.3) is 11.1 Å². The number of hydrogen-bond donors (Lipinski definition) is 3. The summed E-state index contributed by atoms with van der Waals surface area (Å²) in [7, 11) is 0. The molecule has 3 aromatic carbocycles. The van der Waals surface area contributed by atoms with Gasteiger partial charge in [-0.25, -0.2) is 9.59 Å². The molecule has 3 N–H and O–H groups in total. The largest absolute Gasteiger partial charge is 0.480 e. The molecule has 2 amide bonds. The van der Waals surface area contributed by atoms with Gasteiger partial charge < -0.3 is 20.5 Å². The van der Waals surface area contributed by atoms with Crippen LogP contribution in [-0.4, -0.2) is 35.7 Å². The monoisotopic (exact) mass is 472 g/mol. The zero-order valence-electron chi connectivity index (χ0n) is 19.5. The molecule has 1 aliphatic rings. The summed E-state index contributed by atoms with van der Waals surface area (Å²) >= 11 is 0. The Morgan fingerprint density at radius 2 is 1.51 bits per heavy atom. The highest BCUT2D eigenvalue weighted by molar-refractivity contribution is 5.96. The smallest absolute Gasteiger partial charge is 0.407 e. The van der Waals surface area contributed by atoms with Gasteiger partial charge in [0, 0.05) is 18.0 Å². The van der Waals surface area contributed by atoms with Crippen LogP contribution < -0.4 is 10.6 Å². The molecule has 0 fully saturated rings. The van der Waals surface area contributed by atoms with E-state index in [1.807, 2.05) is 31.2 Å². The van der Waals surface area contributed by atoms with Crippen LogP contribution in [0.1, 0.15) is 52.7 Å². The Kier molecular flexibility index (Phi) is 7.45. The van der Waals surface area contributed by atoms with Crippen molar-refractivity contribution >= 4 is 18.0 Å². The van der Waals surface area contributed by atoms with E-state index >= 15 is 0 Å². The molecule has 0 aliphatic heterocycles. The van der Waals surface area contributed by atoms with Crippen molar-refractivity contribution in [3.63, 3.8) is 0 Å². The topological polar surface area (TPSA) is 105 Å². The third-order valence-electron chi connectivity index (χ3n) is 6.18. The number of carbonyl (C=O) groups excluding carboxylic acids is 2. The van der Waals surface area contributed by atoms with E-state index in [2.05, 4.69) is 34.9 Å². The Hall–Kier alpha value is -4.13. The lowest BCUT2D eigenvalue weighted by Gasteiger charge is -2.15. The molecule has 1 atom stereocenters. The van der Waals surface area contributed by atoms with E-state index in [9.17, 15) is 19.5 Å². The van der Waals surface area contributed by atoms with Crippen molar-refractivity contribution in [2.45, 2.75) is 38.3 Å². The minimum atomic E-state index is -1.05. The predicted molar refractivity (Wildman–Crippen MR) is 132 cm³/mol. The lowest BCUT2D eigenvalue weighted by Crippen LogP contribution is -2.40. The Balaban J connectivity index is 1.30. The molecule has 180 valence electrons. The number of alkyl carbamates (subject to hydrolysis) is 1. The first-order valence-corrected chi connectivity index (χ1v) is 11.7. The van der Waals surface area contributed by atoms with E-state index in [0.717, 1.165) is 16.7 Å². The van der Waals surface area contributed by atoms with E-state index in [0.29, 0.717) is 18.4 Å². The van der Waals surface area contributed by atoms with Gasteiger partial charge in [-0.3, -0.25) is 4.79 Å². The van der Waals surface area contributed by atoms with Gasteiger partial charge in [-0.2, -0.15) is 0 Å². The van der Waals surface area contributed by atoms with Crippen molar-refractivity contribution in [1.82, 2.24) is 10.6 Å². The fourth-order valence-electron chi connectivity index (χ4n) is 4.39. The maximum atomic E-state index is 12.4. The Bertz CT molecular complexity index is 1180. The average Bonchev–Trinajstić information content (AvgIpc) is 3.20. The first kappa shape index (κ1) is 24.0. The molecule has 0 radical (unpaired) electrons. The Labute approximate surface area is 204 Å². The molecule has 0 saturated carbocycles. The zero-order chi connectivity index (χ0) is 24.8. The number of fused-ring (bicyclic) bond motifs is 3. The maximum absolute atomic E-state index is 12.4. The van der Waals surface area contributed by atoms with Gasteiger partial charge in [-0.1, -0.05) is 74.0 Å². The third kappa shape index (κ3) is 5.51. The number of aliphatic carboxylic acids is 1. The second-order valence-corrected chi connectivity index (χ2v) is 8.53. The number of nitrogens with one attached hydrogen (secondary N) is 2. The van der Waals surface area contributed by atoms with Crippen LogP contribution in [0.3, 0.4) is 0 Å². The maximum Gasteiger partial charge on any atom is 0.407 e. The van der Waals surface area contributed by atoms with Gasteiger partial charge >= 0.3 is 12.1 Å². The number of benzene rings is 3. The number of carboxylic acids is 1. The summed E-state index contributed by atoms with van der Waals surface area (Å²) in [4.78, 5) is 36.0. The minimum absolute atomic E-state index is 0.00622. The lowest BCUT2D eigenvalue weighted by atomic mass is 9.98. The highest BCUT2D eigenvalue weighted by atomic mass is 16.5. The van der Waals surface area contributed by atoms with Gasteiger partial charge in [0.2, 0.25) is 0 Å². The fraction of sp³-hybridized carbons (Fsp3) is 0.250. The Morgan fingerprint density at radius 1 is 0.914 bits per heavy atom. The fourth-order valence-corrected chi connectivity index (χ4v) is 4.39. The summed E-state index contributed by atoms with van der Waals surface area (Å²) in [6, 6.07) is 22.1. The number of amides is 2. The molecule has 0 bridgehead atoms. The van der Waals surface area contributed by atoms with Gasteiger partial charge in [0.05, 0.1) is 0 Å². The van der Waals surface area contributed by atoms with E-state index in [1.54, 1.807) is 24.3 Å². The second kappa shape index (κ2) is 10.9. The van der Waals surface area contributed by atoms with E-state index < -0.39 is 24.0 Å². The number of rotatable bonds is 9. The van der Waals surface area contributed by atoms with Gasteiger partial charge in [0.1, 0.15) is 12.6 Å². The molecule has 0 spiro atoms. The van der Waals surface area contributed by atoms with Gasteiger partial charge in [-0.15, -0.1) is 0 Å². The number of hydrogen-bond acceptors (Lipinski definition) is 4. The van der Waals surface area contributed by atoms with Gasteiger partial charge in [-0.05, 0) is 46.4 Å². The molecule has 7 heteroatoms. The third-order valence-corrected chi connectivity index (χ3v) is 6.18. The summed E-state index contributed by atoms with van der Waals surface area (Å²) in [6.45, 7) is 2.34. The zero-order valence-corrected chi connectivity index (χ0v) is 19.5. The highest BCUT2D eigenvalue weighted by Crippen LogP contribution is 2.44. The normalized spacial score (nSPS) is 12.8. The van der Waals surface area contributed by atoms with Crippen LogP contribution in [0.15, 0.2) is 72.8 Å². The standard InChI is InChI=1S/C28H28N2O5/c1-2-7-25(27(32)33)30-26(31)19-14-12-18(13-15-19)16-29-28(34)35-17-24-22-10-5-3-8-20(22)21-9-4-6-11-23(21)24/h3-6,8-15,24-25H,2,7,16-17H2,1H3,(H,29,34)(H,30,31)(H,32,33)/t25-/m0/s1. The molecule has 3 aromatic rings. The van der Waals surface area contributed by atoms with E-state index in [4.69, 9.17) is 4.74 Å². The molecular weight excluding hydrogens is 444 g/mol. The molecule has 0 saturated heterocycles. The summed E-state index contributed by atoms with van der Waals surface area (Å²) < 4.78 is 5.54. The molecule has 35 heavy (non-hydrogen) atoms. The molecule has 4 rings (SSSR count). The SMILES string of the molecule is CCC[C@H](NC(=O)c1ccc(CNC(=O)OCC2c3ccccc3-c3ccccc32)cc1)C(=O)O. The van der Waals surface area contributed by atoms with Crippen LogP contribution in [0, 0.1) is 0 Å². The number of carbonyl (C=O) groups is 3. The minimum Gasteiger partial charge on any atom is -0.480 e. The van der Waals surface area contributed by atoms with Crippen LogP contribution in [0.4, 0.5) is 4.79 Å². The van der Waals surface area contributed by atoms with Crippen molar-refractivity contribution in [2.24, 2.45) is 0 Å². The highest BCUT2D eigenvalue weighted by Gasteiger charge is 2.29. The van der Waals surface area contributed by atoms with Gasteiger partial charge in [0.25, 0.3) is 5.91 Å². The van der Waals surface area contributed by atoms with Crippen LogP contribution in [0.2, 0.25) is 0 Å². The summed E-state index contributed by atoms with van der Waals surface area (Å²) in [5.74, 6) is -1.50. The van der Waals surface area contributed by atoms with E-state index in [1.165, 1.54) is 11.1 Å². The summed E-state index contributed by atoms with van der Waals surface area (Å²) in [5, 5.41) is 14.5. The van der Waals surface area contributed by atoms with Gasteiger partial charge in [0.15, 0.2) is 0 Å². The summed E-state index contributed by atoms with van der Waals surface area (Å²) in [5.41, 5.74) is 5.80. The number of carboxylic acid groups (broad SMARTS) is 1. The molecule has 0 aromatic heterocycles. The molecule has 1 aliphatic carbocycles. The molecule has 0 unspecified atom stereocenters. The molecule has 7 nitrogen and oxygen atoms in total. The number of ether oxygens (including phenoxy) is 1. The van der Waals surface area contributed by atoms with Crippen LogP contribution >= 0.6 is 0 Å². The van der Waals surface area contributed by atoms with Crippen molar-refractivity contribution in [3.05, 3.63) is 95.1 Å². The van der Waals surface area contributed by atoms with Crippen molar-refractivity contribution in [2.75, 3.05) is 6.61 Å². The quantitative estimate of drug-likeness (QED) is 0.418. The van der Waals surface area contributed by atoms with Crippen molar-refractivity contribution in [3.8, 4) is 11.1 Å². The van der Waals surface area contributed by atoms with Crippen LogP contribution in [0.5, 0.6) is 0 Å². The molecular formula is C28H28N2O5. The summed E-state index contributed by atoms with van der Waals surface area (Å²) in [6.07, 6.45) is 0.499. The average molecular weight is 473 g/mol. The predicted octanol–water partition coefficient (Wildman–Crippen LogP) is 4.71. The van der Waals surface area contributed by atoms with Crippen LogP contribution in [-0.2, 0) is 16.1 Å². The first-order chi connectivity index (χ1) is 17.0. The first-order valence-electron chi connectivity index (χ1n) is 11.7. The van der Waals surface area contributed by atoms with Crippen molar-refractivity contribution < 1.29 is 24.2 Å².